The van der Waals surface area contributed by atoms with Crippen LogP contribution in [0.5, 0.6) is 5.75 Å². The summed E-state index contributed by atoms with van der Waals surface area (Å²) in [6.07, 6.45) is 1.30. The molecule has 0 spiro atoms. The SMILES string of the molecule is CCC(CC)(CN)C(=O)NCC(=O)NCc1ccc(OC)cc1. The van der Waals surface area contributed by atoms with Gasteiger partial charge in [-0.05, 0) is 30.5 Å². The molecule has 1 aromatic carbocycles. The van der Waals surface area contributed by atoms with E-state index in [1.54, 1.807) is 7.11 Å². The molecule has 0 atom stereocenters. The first-order valence-corrected chi connectivity index (χ1v) is 7.89. The standard InChI is InChI=1S/C17H27N3O3/c1-4-17(5-2,12-18)16(22)20-11-15(21)19-10-13-6-8-14(23-3)9-7-13/h6-9H,4-5,10-12,18H2,1-3H3,(H,19,21)(H,20,22). The average Bonchev–Trinajstić information content (AvgIpc) is 2.60. The number of ether oxygens (including phenoxy) is 1. The van der Waals surface area contributed by atoms with Gasteiger partial charge in [0.2, 0.25) is 11.8 Å². The molecule has 6 heteroatoms. The number of amides is 2. The maximum absolute atomic E-state index is 12.2. The number of carbonyl (C=O) groups is 2. The number of nitrogens with two attached hydrogens (primary N) is 1. The third-order valence-electron chi connectivity index (χ3n) is 4.28. The van der Waals surface area contributed by atoms with Gasteiger partial charge in [-0.25, -0.2) is 0 Å². The van der Waals surface area contributed by atoms with E-state index < -0.39 is 5.41 Å². The Bertz CT molecular complexity index is 502. The van der Waals surface area contributed by atoms with E-state index in [1.165, 1.54) is 0 Å². The summed E-state index contributed by atoms with van der Waals surface area (Å²) in [5.74, 6) is 0.376. The van der Waals surface area contributed by atoms with E-state index in [-0.39, 0.29) is 24.9 Å². The highest BCUT2D eigenvalue weighted by atomic mass is 16.5. The zero-order valence-electron chi connectivity index (χ0n) is 14.1. The molecule has 1 rings (SSSR count). The number of hydrogen-bond acceptors (Lipinski definition) is 4. The summed E-state index contributed by atoms with van der Waals surface area (Å²) in [6.45, 7) is 4.50. The molecule has 0 bridgehead atoms. The summed E-state index contributed by atoms with van der Waals surface area (Å²) in [6, 6.07) is 7.43. The van der Waals surface area contributed by atoms with Crippen LogP contribution in [-0.4, -0.2) is 32.0 Å². The van der Waals surface area contributed by atoms with Gasteiger partial charge in [0.05, 0.1) is 19.1 Å². The lowest BCUT2D eigenvalue weighted by molar-refractivity contribution is -0.133. The molecule has 0 aliphatic carbocycles. The number of nitrogens with one attached hydrogen (secondary N) is 2. The van der Waals surface area contributed by atoms with Crippen LogP contribution in [0.3, 0.4) is 0 Å². The largest absolute Gasteiger partial charge is 0.497 e. The Morgan fingerprint density at radius 1 is 1.13 bits per heavy atom. The Morgan fingerprint density at radius 3 is 2.22 bits per heavy atom. The van der Waals surface area contributed by atoms with Crippen molar-refractivity contribution >= 4 is 11.8 Å². The summed E-state index contributed by atoms with van der Waals surface area (Å²) in [4.78, 5) is 24.1. The van der Waals surface area contributed by atoms with Crippen LogP contribution in [0.15, 0.2) is 24.3 Å². The molecule has 0 aliphatic rings. The van der Waals surface area contributed by atoms with Crippen LogP contribution >= 0.6 is 0 Å². The lowest BCUT2D eigenvalue weighted by atomic mass is 9.81. The molecule has 1 aromatic rings. The van der Waals surface area contributed by atoms with Crippen LogP contribution in [-0.2, 0) is 16.1 Å². The molecule has 2 amide bonds. The van der Waals surface area contributed by atoms with Gasteiger partial charge in [0.15, 0.2) is 0 Å². The Kier molecular flexibility index (Phi) is 7.54. The van der Waals surface area contributed by atoms with Crippen molar-refractivity contribution in [3.63, 3.8) is 0 Å². The number of rotatable bonds is 9. The first-order valence-electron chi connectivity index (χ1n) is 7.89. The smallest absolute Gasteiger partial charge is 0.239 e. The summed E-state index contributed by atoms with van der Waals surface area (Å²) >= 11 is 0. The Hall–Kier alpha value is -2.08. The highest BCUT2D eigenvalue weighted by Gasteiger charge is 2.33. The Balaban J connectivity index is 2.43. The van der Waals surface area contributed by atoms with Crippen LogP contribution in [0.1, 0.15) is 32.3 Å². The second-order valence-corrected chi connectivity index (χ2v) is 5.50. The molecule has 0 aliphatic heterocycles. The Morgan fingerprint density at radius 2 is 1.74 bits per heavy atom. The van der Waals surface area contributed by atoms with E-state index in [4.69, 9.17) is 10.5 Å². The molecule has 0 heterocycles. The van der Waals surface area contributed by atoms with Crippen LogP contribution in [0.4, 0.5) is 0 Å². The van der Waals surface area contributed by atoms with Crippen molar-refractivity contribution in [2.24, 2.45) is 11.1 Å². The zero-order valence-corrected chi connectivity index (χ0v) is 14.1. The minimum atomic E-state index is -0.587. The molecular weight excluding hydrogens is 294 g/mol. The summed E-state index contributed by atoms with van der Waals surface area (Å²) in [7, 11) is 1.60. The van der Waals surface area contributed by atoms with Gasteiger partial charge >= 0.3 is 0 Å². The fourth-order valence-corrected chi connectivity index (χ4v) is 2.31. The van der Waals surface area contributed by atoms with Gasteiger partial charge < -0.3 is 21.1 Å². The van der Waals surface area contributed by atoms with E-state index in [2.05, 4.69) is 10.6 Å². The van der Waals surface area contributed by atoms with Gasteiger partial charge in [0.1, 0.15) is 5.75 Å². The number of hydrogen-bond donors (Lipinski definition) is 3. The van der Waals surface area contributed by atoms with E-state index >= 15 is 0 Å². The van der Waals surface area contributed by atoms with Crippen LogP contribution in [0.2, 0.25) is 0 Å². The zero-order chi connectivity index (χ0) is 17.3. The number of methoxy groups -OCH3 is 1. The Labute approximate surface area is 137 Å². The fourth-order valence-electron chi connectivity index (χ4n) is 2.31. The average molecular weight is 321 g/mol. The lowest BCUT2D eigenvalue weighted by Crippen LogP contribution is -2.48. The van der Waals surface area contributed by atoms with Crippen LogP contribution < -0.4 is 21.1 Å². The molecule has 0 fully saturated rings. The monoisotopic (exact) mass is 321 g/mol. The maximum atomic E-state index is 12.2. The van der Waals surface area contributed by atoms with E-state index in [0.717, 1.165) is 11.3 Å². The van der Waals surface area contributed by atoms with Crippen molar-refractivity contribution in [2.75, 3.05) is 20.2 Å². The second kappa shape index (κ2) is 9.15. The number of carbonyl (C=O) groups excluding carboxylic acids is 2. The molecule has 0 aromatic heterocycles. The molecule has 23 heavy (non-hydrogen) atoms. The minimum absolute atomic E-state index is 0.0449. The van der Waals surface area contributed by atoms with E-state index in [1.807, 2.05) is 38.1 Å². The molecule has 128 valence electrons. The summed E-state index contributed by atoms with van der Waals surface area (Å²) in [5.41, 5.74) is 6.10. The topological polar surface area (TPSA) is 93.5 Å². The van der Waals surface area contributed by atoms with Gasteiger partial charge in [-0.3, -0.25) is 9.59 Å². The van der Waals surface area contributed by atoms with Gasteiger partial charge in [-0.2, -0.15) is 0 Å². The van der Waals surface area contributed by atoms with E-state index in [9.17, 15) is 9.59 Å². The first kappa shape index (κ1) is 19.0. The summed E-state index contributed by atoms with van der Waals surface area (Å²) in [5, 5.41) is 5.45. The van der Waals surface area contributed by atoms with Gasteiger partial charge in [0, 0.05) is 13.1 Å². The van der Waals surface area contributed by atoms with Crippen molar-refractivity contribution in [1.82, 2.24) is 10.6 Å². The van der Waals surface area contributed by atoms with Gasteiger partial charge in [0.25, 0.3) is 0 Å². The van der Waals surface area contributed by atoms with Crippen LogP contribution in [0.25, 0.3) is 0 Å². The van der Waals surface area contributed by atoms with Crippen molar-refractivity contribution in [1.29, 1.82) is 0 Å². The summed E-state index contributed by atoms with van der Waals surface area (Å²) < 4.78 is 5.08. The third kappa shape index (κ3) is 5.25. The molecule has 0 saturated carbocycles. The highest BCUT2D eigenvalue weighted by molar-refractivity contribution is 5.88. The molecule has 0 radical (unpaired) electrons. The van der Waals surface area contributed by atoms with Crippen molar-refractivity contribution in [3.8, 4) is 5.75 Å². The van der Waals surface area contributed by atoms with Gasteiger partial charge in [-0.15, -0.1) is 0 Å². The van der Waals surface area contributed by atoms with Crippen LogP contribution in [0, 0.1) is 5.41 Å². The lowest BCUT2D eigenvalue weighted by Gasteiger charge is -2.28. The van der Waals surface area contributed by atoms with Crippen molar-refractivity contribution in [2.45, 2.75) is 33.2 Å². The number of benzene rings is 1. The molecule has 4 N–H and O–H groups in total. The predicted molar refractivity (Wildman–Crippen MR) is 89.9 cm³/mol. The van der Waals surface area contributed by atoms with Crippen molar-refractivity contribution in [3.05, 3.63) is 29.8 Å². The third-order valence-corrected chi connectivity index (χ3v) is 4.28. The fraction of sp³-hybridized carbons (Fsp3) is 0.529. The van der Waals surface area contributed by atoms with Gasteiger partial charge in [-0.1, -0.05) is 26.0 Å². The molecular formula is C17H27N3O3. The normalized spacial score (nSPS) is 11.0. The predicted octanol–water partition coefficient (Wildman–Crippen LogP) is 1.19. The molecule has 0 unspecified atom stereocenters. The second-order valence-electron chi connectivity index (χ2n) is 5.50. The maximum Gasteiger partial charge on any atom is 0.239 e. The molecule has 0 saturated heterocycles. The quantitative estimate of drug-likeness (QED) is 0.637. The highest BCUT2D eigenvalue weighted by Crippen LogP contribution is 2.24. The van der Waals surface area contributed by atoms with Crippen molar-refractivity contribution < 1.29 is 14.3 Å². The minimum Gasteiger partial charge on any atom is -0.497 e. The van der Waals surface area contributed by atoms with E-state index in [0.29, 0.717) is 19.4 Å². The molecule has 6 nitrogen and oxygen atoms in total. The first-order chi connectivity index (χ1) is 11.0.